The van der Waals surface area contributed by atoms with E-state index in [-0.39, 0.29) is 0 Å². The van der Waals surface area contributed by atoms with Crippen LogP contribution in [0.15, 0.2) is 0 Å². The minimum atomic E-state index is -2.29. The van der Waals surface area contributed by atoms with E-state index in [4.69, 9.17) is 5.11 Å². The van der Waals surface area contributed by atoms with Crippen LogP contribution in [0.1, 0.15) is 11.7 Å². The molecule has 0 amide bonds. The average molecular weight is 222 g/mol. The first-order valence-electron chi connectivity index (χ1n) is 3.57. The van der Waals surface area contributed by atoms with Crippen LogP contribution in [-0.4, -0.2) is 5.11 Å². The summed E-state index contributed by atoms with van der Waals surface area (Å²) in [5.74, 6) is -9.37. The van der Waals surface area contributed by atoms with Crippen molar-refractivity contribution in [3.05, 3.63) is 34.6 Å². The molecule has 0 heterocycles. The molecule has 1 N–H and O–H groups in total. The summed E-state index contributed by atoms with van der Waals surface area (Å²) in [4.78, 5) is 0. The van der Waals surface area contributed by atoms with Crippen molar-refractivity contribution in [2.75, 3.05) is 0 Å². The fraction of sp³-hybridized carbons (Fsp3) is 0.111. The van der Waals surface area contributed by atoms with Crippen LogP contribution >= 0.6 is 0 Å². The van der Waals surface area contributed by atoms with Gasteiger partial charge in [0.05, 0.1) is 5.56 Å². The van der Waals surface area contributed by atoms with Crippen molar-refractivity contribution in [3.8, 4) is 12.3 Å². The molecule has 0 aliphatic heterocycles. The van der Waals surface area contributed by atoms with E-state index in [1.807, 2.05) is 0 Å². The van der Waals surface area contributed by atoms with E-state index >= 15 is 0 Å². The second-order valence-corrected chi connectivity index (χ2v) is 2.55. The molecule has 0 radical (unpaired) electrons. The molecule has 1 atom stereocenters. The van der Waals surface area contributed by atoms with E-state index in [1.165, 1.54) is 5.92 Å². The number of halogens is 5. The molecule has 0 saturated carbocycles. The fourth-order valence-electron chi connectivity index (χ4n) is 0.945. The van der Waals surface area contributed by atoms with Crippen molar-refractivity contribution in [2.24, 2.45) is 0 Å². The molecule has 0 unspecified atom stereocenters. The van der Waals surface area contributed by atoms with Gasteiger partial charge in [-0.25, -0.2) is 22.0 Å². The number of rotatable bonds is 1. The Labute approximate surface area is 81.1 Å². The van der Waals surface area contributed by atoms with E-state index in [9.17, 15) is 22.0 Å². The Kier molecular flexibility index (Phi) is 2.95. The Bertz CT molecular complexity index is 420. The highest BCUT2D eigenvalue weighted by Gasteiger charge is 2.28. The molecule has 0 saturated heterocycles. The van der Waals surface area contributed by atoms with Crippen LogP contribution in [0.4, 0.5) is 22.0 Å². The normalized spacial score (nSPS) is 12.3. The van der Waals surface area contributed by atoms with Crippen LogP contribution in [0.3, 0.4) is 0 Å². The molecule has 0 aromatic heterocycles. The molecule has 0 bridgehead atoms. The lowest BCUT2D eigenvalue weighted by Gasteiger charge is -2.09. The zero-order valence-electron chi connectivity index (χ0n) is 6.99. The van der Waals surface area contributed by atoms with Gasteiger partial charge in [-0.1, -0.05) is 5.92 Å². The van der Waals surface area contributed by atoms with Crippen LogP contribution in [0, 0.1) is 41.4 Å². The molecular formula is C9H3F5O. The Balaban J connectivity index is 3.61. The third-order valence-electron chi connectivity index (χ3n) is 1.68. The van der Waals surface area contributed by atoms with Crippen molar-refractivity contribution in [1.29, 1.82) is 0 Å². The molecule has 80 valence electrons. The molecule has 1 aromatic rings. The van der Waals surface area contributed by atoms with Crippen molar-refractivity contribution < 1.29 is 27.1 Å². The molecule has 0 spiro atoms. The Morgan fingerprint density at radius 1 is 0.867 bits per heavy atom. The molecule has 0 aliphatic carbocycles. The molecule has 1 aromatic carbocycles. The zero-order valence-corrected chi connectivity index (χ0v) is 6.99. The summed E-state index contributed by atoms with van der Waals surface area (Å²) in [6, 6.07) is 0. The van der Waals surface area contributed by atoms with Crippen LogP contribution in [-0.2, 0) is 0 Å². The van der Waals surface area contributed by atoms with E-state index in [0.29, 0.717) is 0 Å². The third-order valence-corrected chi connectivity index (χ3v) is 1.68. The summed E-state index contributed by atoms with van der Waals surface area (Å²) in [5, 5.41) is 8.86. The topological polar surface area (TPSA) is 20.2 Å². The van der Waals surface area contributed by atoms with Gasteiger partial charge in [-0.05, 0) is 0 Å². The Morgan fingerprint density at radius 3 is 1.53 bits per heavy atom. The molecule has 0 aliphatic rings. The summed E-state index contributed by atoms with van der Waals surface area (Å²) in [7, 11) is 0. The van der Waals surface area contributed by atoms with Crippen LogP contribution in [0.25, 0.3) is 0 Å². The maximum absolute atomic E-state index is 12.9. The van der Waals surface area contributed by atoms with Crippen LogP contribution in [0.5, 0.6) is 0 Å². The predicted molar refractivity (Wildman–Crippen MR) is 40.0 cm³/mol. The average Bonchev–Trinajstić information content (AvgIpc) is 2.23. The summed E-state index contributed by atoms with van der Waals surface area (Å²) in [6.45, 7) is 0. The first-order chi connectivity index (χ1) is 6.91. The predicted octanol–water partition coefficient (Wildman–Crippen LogP) is 2.05. The van der Waals surface area contributed by atoms with Gasteiger partial charge < -0.3 is 5.11 Å². The molecule has 1 nitrogen and oxygen atoms in total. The van der Waals surface area contributed by atoms with Crippen LogP contribution in [0.2, 0.25) is 0 Å². The quantitative estimate of drug-likeness (QED) is 0.333. The SMILES string of the molecule is C#C[C@H](O)c1c(F)c(F)c(F)c(F)c1F. The molecule has 1 rings (SSSR count). The largest absolute Gasteiger partial charge is 0.376 e. The fourth-order valence-corrected chi connectivity index (χ4v) is 0.945. The van der Waals surface area contributed by atoms with Gasteiger partial charge >= 0.3 is 0 Å². The third kappa shape index (κ3) is 1.66. The summed E-state index contributed by atoms with van der Waals surface area (Å²) < 4.78 is 63.3. The van der Waals surface area contributed by atoms with Gasteiger partial charge in [-0.3, -0.25) is 0 Å². The first kappa shape index (κ1) is 11.5. The number of aliphatic hydroxyl groups is 1. The van der Waals surface area contributed by atoms with E-state index < -0.39 is 40.8 Å². The smallest absolute Gasteiger partial charge is 0.200 e. The van der Waals surface area contributed by atoms with E-state index in [1.54, 1.807) is 0 Å². The lowest BCUT2D eigenvalue weighted by molar-refractivity contribution is 0.219. The van der Waals surface area contributed by atoms with Crippen LogP contribution < -0.4 is 0 Å². The van der Waals surface area contributed by atoms with Crippen molar-refractivity contribution in [2.45, 2.75) is 6.10 Å². The Morgan fingerprint density at radius 2 is 1.20 bits per heavy atom. The van der Waals surface area contributed by atoms with Gasteiger partial charge in [0.1, 0.15) is 6.10 Å². The van der Waals surface area contributed by atoms with Gasteiger partial charge in [-0.15, -0.1) is 6.42 Å². The summed E-state index contributed by atoms with van der Waals surface area (Å²) in [6.07, 6.45) is 2.42. The lowest BCUT2D eigenvalue weighted by atomic mass is 10.1. The highest BCUT2D eigenvalue weighted by molar-refractivity contribution is 5.29. The minimum Gasteiger partial charge on any atom is -0.376 e. The molecular weight excluding hydrogens is 219 g/mol. The second kappa shape index (κ2) is 3.87. The second-order valence-electron chi connectivity index (χ2n) is 2.55. The van der Waals surface area contributed by atoms with Gasteiger partial charge in [0.2, 0.25) is 5.82 Å². The highest BCUT2D eigenvalue weighted by Crippen LogP contribution is 2.27. The lowest BCUT2D eigenvalue weighted by Crippen LogP contribution is -2.10. The van der Waals surface area contributed by atoms with Gasteiger partial charge in [0.25, 0.3) is 0 Å². The molecule has 15 heavy (non-hydrogen) atoms. The van der Waals surface area contributed by atoms with Gasteiger partial charge in [0.15, 0.2) is 23.3 Å². The summed E-state index contributed by atoms with van der Waals surface area (Å²) in [5.41, 5.74) is -1.42. The number of aliphatic hydroxyl groups excluding tert-OH is 1. The van der Waals surface area contributed by atoms with Crippen molar-refractivity contribution in [3.63, 3.8) is 0 Å². The number of terminal acetylenes is 1. The highest BCUT2D eigenvalue weighted by atomic mass is 19.2. The monoisotopic (exact) mass is 222 g/mol. The van der Waals surface area contributed by atoms with Crippen molar-refractivity contribution >= 4 is 0 Å². The maximum atomic E-state index is 12.9. The Hall–Kier alpha value is -1.61. The number of hydrogen-bond donors (Lipinski definition) is 1. The van der Waals surface area contributed by atoms with Gasteiger partial charge in [0, 0.05) is 0 Å². The standard InChI is InChI=1S/C9H3F5O/c1-2-3(15)4-5(10)7(12)9(14)8(13)6(4)11/h1,3,15H/t3-/m0/s1. The molecule has 6 heteroatoms. The minimum absolute atomic E-state index is 1.42. The number of hydrogen-bond acceptors (Lipinski definition) is 1. The maximum Gasteiger partial charge on any atom is 0.200 e. The first-order valence-corrected chi connectivity index (χ1v) is 3.57. The molecule has 0 fully saturated rings. The zero-order chi connectivity index (χ0) is 11.7. The number of benzene rings is 1. The van der Waals surface area contributed by atoms with E-state index in [0.717, 1.165) is 0 Å². The summed E-state index contributed by atoms with van der Waals surface area (Å²) >= 11 is 0. The van der Waals surface area contributed by atoms with E-state index in [2.05, 4.69) is 6.42 Å². The van der Waals surface area contributed by atoms with Gasteiger partial charge in [-0.2, -0.15) is 0 Å². The van der Waals surface area contributed by atoms with Crippen molar-refractivity contribution in [1.82, 2.24) is 0 Å².